The van der Waals surface area contributed by atoms with E-state index in [-0.39, 0.29) is 15.2 Å². The topological polar surface area (TPSA) is 47.0 Å². The minimum Gasteiger partial charge on any atom is -0.489 e. The minimum atomic E-state index is -1.24. The molecule has 0 aliphatic heterocycles. The highest BCUT2D eigenvalue weighted by atomic mass is 35.5. The van der Waals surface area contributed by atoms with E-state index in [1.165, 1.54) is 13.3 Å². The molecule has 0 saturated carbocycles. The van der Waals surface area contributed by atoms with Gasteiger partial charge >= 0.3 is 0 Å². The van der Waals surface area contributed by atoms with Gasteiger partial charge in [-0.3, -0.25) is 0 Å². The number of alkyl halides is 1. The van der Waals surface area contributed by atoms with Crippen molar-refractivity contribution < 1.29 is 9.13 Å². The summed E-state index contributed by atoms with van der Waals surface area (Å²) in [7, 11) is 0. The first-order valence-electron chi connectivity index (χ1n) is 7.58. The molecule has 0 saturated heterocycles. The van der Waals surface area contributed by atoms with Crippen molar-refractivity contribution in [3.63, 3.8) is 0 Å². The highest BCUT2D eigenvalue weighted by molar-refractivity contribution is 6.55. The van der Waals surface area contributed by atoms with Crippen molar-refractivity contribution in [2.75, 3.05) is 18.5 Å². The van der Waals surface area contributed by atoms with E-state index >= 15 is 0 Å². The van der Waals surface area contributed by atoms with Gasteiger partial charge in [0.25, 0.3) is 0 Å². The van der Waals surface area contributed by atoms with Crippen LogP contribution in [0.1, 0.15) is 24.4 Å². The zero-order valence-corrected chi connectivity index (χ0v) is 15.7. The number of aromatic nitrogens is 2. The lowest BCUT2D eigenvalue weighted by atomic mass is 10.1. The lowest BCUT2D eigenvalue weighted by molar-refractivity contribution is 0.363. The first-order valence-corrected chi connectivity index (χ1v) is 8.72. The molecular weight excluding hydrogens is 388 g/mol. The van der Waals surface area contributed by atoms with Gasteiger partial charge in [-0.2, -0.15) is 0 Å². The smallest absolute Gasteiger partial charge is 0.148 e. The molecule has 0 aliphatic carbocycles. The van der Waals surface area contributed by atoms with Gasteiger partial charge in [0, 0.05) is 6.54 Å². The first-order chi connectivity index (χ1) is 12.0. The molecule has 4 nitrogen and oxygen atoms in total. The van der Waals surface area contributed by atoms with Crippen molar-refractivity contribution >= 4 is 40.6 Å². The molecule has 0 spiro atoms. The Morgan fingerprint density at radius 2 is 2.00 bits per heavy atom. The summed E-state index contributed by atoms with van der Waals surface area (Å²) in [6.45, 7) is 2.30. The zero-order valence-electron chi connectivity index (χ0n) is 13.5. The SMILES string of the molecule is CC(F)c1ncnc(NCCc2ccc(OCC=C(Cl)Cl)cc2)c1Cl. The summed E-state index contributed by atoms with van der Waals surface area (Å²) in [5.41, 5.74) is 1.29. The average molecular weight is 405 g/mol. The number of rotatable bonds is 8. The molecular formula is C17H17Cl3FN3O. The normalized spacial score (nSPS) is 11.7. The summed E-state index contributed by atoms with van der Waals surface area (Å²) < 4.78 is 19.0. The fraction of sp³-hybridized carbons (Fsp3) is 0.294. The third-order valence-electron chi connectivity index (χ3n) is 3.31. The lowest BCUT2D eigenvalue weighted by Gasteiger charge is -2.11. The molecule has 0 amide bonds. The van der Waals surface area contributed by atoms with Gasteiger partial charge in [-0.1, -0.05) is 46.9 Å². The molecule has 1 atom stereocenters. The molecule has 8 heteroatoms. The lowest BCUT2D eigenvalue weighted by Crippen LogP contribution is -2.08. The van der Waals surface area contributed by atoms with Crippen molar-refractivity contribution in [2.45, 2.75) is 19.5 Å². The minimum absolute atomic E-state index is 0.177. The van der Waals surface area contributed by atoms with Gasteiger partial charge in [0.15, 0.2) is 0 Å². The fourth-order valence-electron chi connectivity index (χ4n) is 2.06. The van der Waals surface area contributed by atoms with Crippen molar-refractivity contribution in [3.05, 3.63) is 57.4 Å². The number of nitrogens with one attached hydrogen (secondary N) is 1. The number of halogens is 4. The second-order valence-electron chi connectivity index (χ2n) is 5.16. The Balaban J connectivity index is 1.86. The van der Waals surface area contributed by atoms with Gasteiger partial charge in [0.05, 0.1) is 5.69 Å². The average Bonchev–Trinajstić information content (AvgIpc) is 2.57. The van der Waals surface area contributed by atoms with Crippen LogP contribution in [0.15, 0.2) is 41.2 Å². The van der Waals surface area contributed by atoms with Gasteiger partial charge < -0.3 is 10.1 Å². The molecule has 1 aromatic carbocycles. The van der Waals surface area contributed by atoms with Crippen molar-refractivity contribution in [1.82, 2.24) is 9.97 Å². The molecule has 0 bridgehead atoms. The Morgan fingerprint density at radius 3 is 2.64 bits per heavy atom. The number of benzene rings is 1. The second kappa shape index (κ2) is 9.80. The van der Waals surface area contributed by atoms with Crippen LogP contribution in [0.5, 0.6) is 5.75 Å². The maximum atomic E-state index is 13.4. The molecule has 0 radical (unpaired) electrons. The van der Waals surface area contributed by atoms with Gasteiger partial charge in [-0.05, 0) is 37.1 Å². The van der Waals surface area contributed by atoms with Crippen LogP contribution in [-0.2, 0) is 6.42 Å². The summed E-state index contributed by atoms with van der Waals surface area (Å²) in [6.07, 6.45) is 2.37. The Bertz CT molecular complexity index is 720. The van der Waals surface area contributed by atoms with Crippen LogP contribution in [0.2, 0.25) is 5.02 Å². The summed E-state index contributed by atoms with van der Waals surface area (Å²) >= 11 is 17.1. The second-order valence-corrected chi connectivity index (χ2v) is 6.55. The van der Waals surface area contributed by atoms with E-state index in [0.29, 0.717) is 19.0 Å². The first kappa shape index (κ1) is 19.8. The third kappa shape index (κ3) is 6.34. The van der Waals surface area contributed by atoms with Crippen molar-refractivity contribution in [1.29, 1.82) is 0 Å². The molecule has 25 heavy (non-hydrogen) atoms. The number of anilines is 1. The Kier molecular flexibility index (Phi) is 7.75. The predicted molar refractivity (Wildman–Crippen MR) is 100 cm³/mol. The van der Waals surface area contributed by atoms with E-state index in [0.717, 1.165) is 17.7 Å². The molecule has 2 aromatic rings. The molecule has 1 heterocycles. The molecule has 134 valence electrons. The van der Waals surface area contributed by atoms with E-state index in [4.69, 9.17) is 39.5 Å². The number of nitrogens with zero attached hydrogens (tertiary/aromatic N) is 2. The van der Waals surface area contributed by atoms with Gasteiger partial charge in [0.2, 0.25) is 0 Å². The summed E-state index contributed by atoms with van der Waals surface area (Å²) in [6, 6.07) is 7.65. The van der Waals surface area contributed by atoms with E-state index in [9.17, 15) is 4.39 Å². The highest BCUT2D eigenvalue weighted by Crippen LogP contribution is 2.28. The summed E-state index contributed by atoms with van der Waals surface area (Å²) in [5, 5.41) is 3.32. The largest absolute Gasteiger partial charge is 0.489 e. The van der Waals surface area contributed by atoms with Crippen LogP contribution < -0.4 is 10.1 Å². The van der Waals surface area contributed by atoms with E-state index in [2.05, 4.69) is 15.3 Å². The Hall–Kier alpha value is -1.56. The molecule has 2 rings (SSSR count). The van der Waals surface area contributed by atoms with Crippen LogP contribution in [0.4, 0.5) is 10.2 Å². The van der Waals surface area contributed by atoms with E-state index < -0.39 is 6.17 Å². The molecule has 1 N–H and O–H groups in total. The maximum Gasteiger partial charge on any atom is 0.148 e. The monoisotopic (exact) mass is 403 g/mol. The van der Waals surface area contributed by atoms with Crippen LogP contribution in [-0.4, -0.2) is 23.1 Å². The molecule has 1 aromatic heterocycles. The summed E-state index contributed by atoms with van der Waals surface area (Å²) in [4.78, 5) is 7.90. The number of ether oxygens (including phenoxy) is 1. The maximum absolute atomic E-state index is 13.4. The summed E-state index contributed by atoms with van der Waals surface area (Å²) in [5.74, 6) is 1.16. The quantitative estimate of drug-likeness (QED) is 0.630. The van der Waals surface area contributed by atoms with Crippen LogP contribution >= 0.6 is 34.8 Å². The molecule has 1 unspecified atom stereocenters. The van der Waals surface area contributed by atoms with E-state index in [1.54, 1.807) is 6.08 Å². The third-order valence-corrected chi connectivity index (χ3v) is 3.99. The predicted octanol–water partition coefficient (Wildman–Crippen LogP) is 5.51. The Morgan fingerprint density at radius 1 is 1.28 bits per heavy atom. The Labute approximate surface area is 161 Å². The van der Waals surface area contributed by atoms with Crippen LogP contribution in [0, 0.1) is 0 Å². The van der Waals surface area contributed by atoms with Crippen molar-refractivity contribution in [3.8, 4) is 5.75 Å². The highest BCUT2D eigenvalue weighted by Gasteiger charge is 2.14. The van der Waals surface area contributed by atoms with Crippen LogP contribution in [0.3, 0.4) is 0 Å². The van der Waals surface area contributed by atoms with Gasteiger partial charge in [-0.15, -0.1) is 0 Å². The van der Waals surface area contributed by atoms with Crippen LogP contribution in [0.25, 0.3) is 0 Å². The zero-order chi connectivity index (χ0) is 18.2. The van der Waals surface area contributed by atoms with Gasteiger partial charge in [0.1, 0.15) is 40.2 Å². The molecule has 0 aliphatic rings. The van der Waals surface area contributed by atoms with Crippen molar-refractivity contribution in [2.24, 2.45) is 0 Å². The number of hydrogen-bond acceptors (Lipinski definition) is 4. The molecule has 0 fully saturated rings. The number of hydrogen-bond donors (Lipinski definition) is 1. The van der Waals surface area contributed by atoms with Gasteiger partial charge in [-0.25, -0.2) is 14.4 Å². The standard InChI is InChI=1S/C17H17Cl3FN3O/c1-11(21)16-15(20)17(24-10-23-16)22-8-6-12-2-4-13(5-3-12)25-9-7-14(18)19/h2-5,7,10-11H,6,8-9H2,1H3,(H,22,23,24). The van der Waals surface area contributed by atoms with E-state index in [1.807, 2.05) is 24.3 Å². The fourth-order valence-corrected chi connectivity index (χ4v) is 2.50.